The van der Waals surface area contributed by atoms with Crippen molar-refractivity contribution in [2.24, 2.45) is 0 Å². The molecule has 4 heteroatoms. The van der Waals surface area contributed by atoms with Gasteiger partial charge in [0.05, 0.1) is 16.7 Å². The first kappa shape index (κ1) is 32.8. The molecule has 0 aliphatic rings. The van der Waals surface area contributed by atoms with Crippen LogP contribution >= 0.6 is 11.3 Å². The number of thiophene rings is 1. The second kappa shape index (κ2) is 13.1. The van der Waals surface area contributed by atoms with Crippen molar-refractivity contribution in [1.29, 1.82) is 0 Å². The summed E-state index contributed by atoms with van der Waals surface area (Å²) in [6, 6.07) is 74.4. The highest BCUT2D eigenvalue weighted by Crippen LogP contribution is 2.46. The van der Waals surface area contributed by atoms with Crippen LogP contribution in [-0.2, 0) is 0 Å². The van der Waals surface area contributed by atoms with Crippen molar-refractivity contribution in [3.63, 3.8) is 0 Å². The van der Waals surface area contributed by atoms with Crippen molar-refractivity contribution in [2.45, 2.75) is 0 Å². The summed E-state index contributed by atoms with van der Waals surface area (Å²) in [5.74, 6) is 0. The molecule has 58 heavy (non-hydrogen) atoms. The molecule has 0 saturated heterocycles. The first-order chi connectivity index (χ1) is 28.8. The van der Waals surface area contributed by atoms with Crippen LogP contribution in [0, 0.1) is 0 Å². The predicted molar refractivity (Wildman–Crippen MR) is 247 cm³/mol. The van der Waals surface area contributed by atoms with Crippen LogP contribution in [-0.4, -0.2) is 4.57 Å². The molecule has 0 radical (unpaired) electrons. The number of fused-ring (bicyclic) bond motifs is 9. The fourth-order valence-corrected chi connectivity index (χ4v) is 10.1. The molecule has 12 rings (SSSR count). The molecule has 272 valence electrons. The summed E-state index contributed by atoms with van der Waals surface area (Å²) in [5, 5.41) is 7.31. The highest BCUT2D eigenvalue weighted by atomic mass is 32.1. The molecule has 0 amide bonds. The lowest BCUT2D eigenvalue weighted by Gasteiger charge is -2.27. The van der Waals surface area contributed by atoms with Crippen LogP contribution in [0.25, 0.3) is 91.9 Å². The summed E-state index contributed by atoms with van der Waals surface area (Å²) in [7, 11) is 0. The lowest BCUT2D eigenvalue weighted by atomic mass is 10.00. The number of aromatic nitrogens is 1. The zero-order valence-corrected chi connectivity index (χ0v) is 32.2. The minimum absolute atomic E-state index is 0.894. The maximum Gasteiger partial charge on any atom is 0.143 e. The van der Waals surface area contributed by atoms with Crippen LogP contribution < -0.4 is 4.90 Å². The monoisotopic (exact) mass is 758 g/mol. The summed E-state index contributed by atoms with van der Waals surface area (Å²) in [5.41, 5.74) is 13.3. The van der Waals surface area contributed by atoms with Crippen molar-refractivity contribution in [2.75, 3.05) is 4.90 Å². The molecule has 0 fully saturated rings. The Bertz CT molecular complexity index is 3450. The van der Waals surface area contributed by atoms with E-state index in [2.05, 4.69) is 210 Å². The van der Waals surface area contributed by atoms with Gasteiger partial charge in [0.25, 0.3) is 0 Å². The SMILES string of the molecule is c1ccc(-c2cccc3c2oc2ccc(-c4ccc(N(c5ccc(-n6c7ccccc7c7ccccc76)cc5)c5cccc6sc7ccccc7c56)cc4)cc23)cc1. The van der Waals surface area contributed by atoms with Crippen LogP contribution in [0.2, 0.25) is 0 Å². The van der Waals surface area contributed by atoms with Crippen LogP contribution in [0.15, 0.2) is 211 Å². The van der Waals surface area contributed by atoms with Gasteiger partial charge < -0.3 is 13.9 Å². The van der Waals surface area contributed by atoms with E-state index in [1.807, 2.05) is 17.4 Å². The number of rotatable bonds is 6. The lowest BCUT2D eigenvalue weighted by Crippen LogP contribution is -2.10. The average molecular weight is 759 g/mol. The Morgan fingerprint density at radius 3 is 1.78 bits per heavy atom. The van der Waals surface area contributed by atoms with Gasteiger partial charge in [-0.25, -0.2) is 0 Å². The minimum Gasteiger partial charge on any atom is -0.455 e. The maximum atomic E-state index is 6.50. The second-order valence-corrected chi connectivity index (χ2v) is 16.0. The number of nitrogens with zero attached hydrogens (tertiary/aromatic N) is 2. The van der Waals surface area contributed by atoms with E-state index in [0.29, 0.717) is 0 Å². The number of furan rings is 1. The molecule has 0 aliphatic heterocycles. The third-order valence-electron chi connectivity index (χ3n) is 11.6. The first-order valence-corrected chi connectivity index (χ1v) is 20.5. The van der Waals surface area contributed by atoms with E-state index in [1.54, 1.807) is 0 Å². The van der Waals surface area contributed by atoms with Gasteiger partial charge in [-0.1, -0.05) is 127 Å². The van der Waals surface area contributed by atoms with E-state index >= 15 is 0 Å². The summed E-state index contributed by atoms with van der Waals surface area (Å²) >= 11 is 1.85. The molecule has 0 atom stereocenters. The molecule has 3 aromatic heterocycles. The normalized spacial score (nSPS) is 11.8. The van der Waals surface area contributed by atoms with Crippen LogP contribution in [0.1, 0.15) is 0 Å². The number of hydrogen-bond donors (Lipinski definition) is 0. The second-order valence-electron chi connectivity index (χ2n) is 14.9. The summed E-state index contributed by atoms with van der Waals surface area (Å²) < 4.78 is 11.4. The molecule has 12 aromatic rings. The smallest absolute Gasteiger partial charge is 0.143 e. The number of benzene rings is 9. The zero-order valence-electron chi connectivity index (χ0n) is 31.3. The third-order valence-corrected chi connectivity index (χ3v) is 12.7. The molecule has 0 unspecified atom stereocenters. The van der Waals surface area contributed by atoms with Crippen molar-refractivity contribution in [3.05, 3.63) is 206 Å². The molecule has 0 spiro atoms. The topological polar surface area (TPSA) is 21.3 Å². The molecule has 3 heterocycles. The van der Waals surface area contributed by atoms with Crippen LogP contribution in [0.4, 0.5) is 17.1 Å². The standard InChI is InChI=1S/C54H34N2OS/c1-2-12-36(13-3-1)41-17-10-18-44-46-34-37(26-33-50(46)57-54(41)44)35-24-27-38(28-25-35)55(49-21-11-23-52-53(49)45-16-6-9-22-51(45)58-52)39-29-31-40(32-30-39)56-47-19-7-4-14-42(47)43-15-5-8-20-48(43)56/h1-34H. The largest absolute Gasteiger partial charge is 0.455 e. The zero-order chi connectivity index (χ0) is 38.2. The molecular formula is C54H34N2OS. The van der Waals surface area contributed by atoms with E-state index in [1.165, 1.54) is 42.0 Å². The van der Waals surface area contributed by atoms with Crippen molar-refractivity contribution >= 4 is 92.3 Å². The average Bonchev–Trinajstić information content (AvgIpc) is 3.97. The highest BCUT2D eigenvalue weighted by Gasteiger charge is 2.20. The van der Waals surface area contributed by atoms with E-state index in [-0.39, 0.29) is 0 Å². The molecule has 9 aromatic carbocycles. The van der Waals surface area contributed by atoms with Gasteiger partial charge in [-0.15, -0.1) is 11.3 Å². The Hall–Kier alpha value is -7.40. The molecule has 0 bridgehead atoms. The first-order valence-electron chi connectivity index (χ1n) is 19.7. The van der Waals surface area contributed by atoms with Crippen molar-refractivity contribution in [1.82, 2.24) is 4.57 Å². The van der Waals surface area contributed by atoms with Gasteiger partial charge in [-0.3, -0.25) is 0 Å². The number of para-hydroxylation sites is 3. The number of anilines is 3. The van der Waals surface area contributed by atoms with Gasteiger partial charge in [0, 0.05) is 64.3 Å². The van der Waals surface area contributed by atoms with Crippen molar-refractivity contribution in [3.8, 4) is 27.9 Å². The molecule has 0 aliphatic carbocycles. The quantitative estimate of drug-likeness (QED) is 0.168. The Kier molecular flexibility index (Phi) is 7.40. The van der Waals surface area contributed by atoms with Gasteiger partial charge in [0.1, 0.15) is 11.2 Å². The van der Waals surface area contributed by atoms with Gasteiger partial charge in [0.15, 0.2) is 0 Å². The Balaban J connectivity index is 0.983. The lowest BCUT2D eigenvalue weighted by molar-refractivity contribution is 0.670. The Morgan fingerprint density at radius 1 is 0.414 bits per heavy atom. The summed E-state index contributed by atoms with van der Waals surface area (Å²) in [6.45, 7) is 0. The Morgan fingerprint density at radius 2 is 1.02 bits per heavy atom. The van der Waals surface area contributed by atoms with E-state index < -0.39 is 0 Å². The minimum atomic E-state index is 0.894. The highest BCUT2D eigenvalue weighted by molar-refractivity contribution is 7.26. The molecule has 3 nitrogen and oxygen atoms in total. The number of hydrogen-bond acceptors (Lipinski definition) is 3. The summed E-state index contributed by atoms with van der Waals surface area (Å²) in [6.07, 6.45) is 0. The fraction of sp³-hybridized carbons (Fsp3) is 0. The van der Waals surface area contributed by atoms with E-state index in [0.717, 1.165) is 66.9 Å². The third kappa shape index (κ3) is 5.12. The summed E-state index contributed by atoms with van der Waals surface area (Å²) in [4.78, 5) is 2.42. The van der Waals surface area contributed by atoms with Crippen LogP contribution in [0.3, 0.4) is 0 Å². The molecule has 0 saturated carbocycles. The van der Waals surface area contributed by atoms with E-state index in [4.69, 9.17) is 4.42 Å². The predicted octanol–water partition coefficient (Wildman–Crippen LogP) is 15.9. The van der Waals surface area contributed by atoms with Gasteiger partial charge in [-0.2, -0.15) is 0 Å². The fourth-order valence-electron chi connectivity index (χ4n) is 8.95. The Labute approximate surface area is 338 Å². The van der Waals surface area contributed by atoms with Crippen molar-refractivity contribution < 1.29 is 4.42 Å². The molecular weight excluding hydrogens is 725 g/mol. The van der Waals surface area contributed by atoms with E-state index in [9.17, 15) is 0 Å². The van der Waals surface area contributed by atoms with Crippen LogP contribution in [0.5, 0.6) is 0 Å². The van der Waals surface area contributed by atoms with Gasteiger partial charge in [-0.05, 0) is 95.6 Å². The maximum absolute atomic E-state index is 6.50. The van der Waals surface area contributed by atoms with Gasteiger partial charge >= 0.3 is 0 Å². The molecule has 0 N–H and O–H groups in total. The van der Waals surface area contributed by atoms with Gasteiger partial charge in [0.2, 0.25) is 0 Å².